The molecule has 0 aliphatic heterocycles. The first-order valence-corrected chi connectivity index (χ1v) is 6.94. The van der Waals surface area contributed by atoms with Crippen LogP contribution in [-0.4, -0.2) is 17.8 Å². The minimum Gasteiger partial charge on any atom is -0.744 e. The zero-order valence-electron chi connectivity index (χ0n) is 9.31. The van der Waals surface area contributed by atoms with Gasteiger partial charge in [0, 0.05) is 4.83 Å². The van der Waals surface area contributed by atoms with Gasteiger partial charge in [0.25, 0.3) is 0 Å². The van der Waals surface area contributed by atoms with Crippen LogP contribution < -0.4 is 51.4 Å². The van der Waals surface area contributed by atoms with Gasteiger partial charge in [0.1, 0.15) is 10.1 Å². The molecule has 1 atom stereocenters. The van der Waals surface area contributed by atoms with Crippen molar-refractivity contribution in [2.75, 3.05) is 0 Å². The monoisotopic (exact) mass is 330 g/mol. The molecule has 0 saturated carbocycles. The second-order valence-electron chi connectivity index (χ2n) is 3.31. The van der Waals surface area contributed by atoms with Crippen LogP contribution in [0.4, 0.5) is 0 Å². The maximum Gasteiger partial charge on any atom is 1.00 e. The van der Waals surface area contributed by atoms with Crippen LogP contribution in [0.25, 0.3) is 0 Å². The summed E-state index contributed by atoms with van der Waals surface area (Å²) >= 11 is 3.49. The second-order valence-corrected chi connectivity index (χ2v) is 5.98. The number of benzene rings is 1. The van der Waals surface area contributed by atoms with Gasteiger partial charge in [-0.15, -0.1) is 0 Å². The van der Waals surface area contributed by atoms with Gasteiger partial charge in [-0.2, -0.15) is 0 Å². The Labute approximate surface area is 147 Å². The fourth-order valence-electron chi connectivity index (χ4n) is 1.19. The van der Waals surface area contributed by atoms with Gasteiger partial charge in [0.2, 0.25) is 0 Å². The van der Waals surface area contributed by atoms with Crippen LogP contribution in [0, 0.1) is 0 Å². The largest absolute Gasteiger partial charge is 1.00 e. The zero-order valence-corrected chi connectivity index (χ0v) is 14.8. The summed E-state index contributed by atoms with van der Waals surface area (Å²) in [6, 6.07) is 6.06. The Morgan fingerprint density at radius 1 is 1.31 bits per heavy atom. The van der Waals surface area contributed by atoms with Crippen LogP contribution in [0.3, 0.4) is 0 Å². The van der Waals surface area contributed by atoms with E-state index < -0.39 is 10.1 Å². The Bertz CT molecular complexity index is 416. The van der Waals surface area contributed by atoms with Crippen LogP contribution in [0.2, 0.25) is 0 Å². The molecule has 1 aromatic rings. The van der Waals surface area contributed by atoms with Crippen molar-refractivity contribution in [1.29, 1.82) is 0 Å². The van der Waals surface area contributed by atoms with E-state index >= 15 is 0 Å². The summed E-state index contributed by atoms with van der Waals surface area (Å²) in [6.07, 6.45) is 1.83. The molecule has 6 heteroatoms. The van der Waals surface area contributed by atoms with Crippen molar-refractivity contribution in [2.24, 2.45) is 0 Å². The summed E-state index contributed by atoms with van der Waals surface area (Å²) in [7, 11) is -4.32. The molecule has 3 nitrogen and oxygen atoms in total. The third kappa shape index (κ3) is 5.73. The molecule has 0 aliphatic carbocycles. The molecule has 0 spiro atoms. The van der Waals surface area contributed by atoms with Crippen LogP contribution in [-0.2, 0) is 16.5 Å². The summed E-state index contributed by atoms with van der Waals surface area (Å²) in [5.74, 6) is 0. The molecule has 0 N–H and O–H groups in total. The minimum atomic E-state index is -4.32. The van der Waals surface area contributed by atoms with Gasteiger partial charge in [-0.1, -0.05) is 35.0 Å². The SMILES string of the molecule is CCC(Br)Cc1ccc(S(=O)(=O)[O-])cc1.[K+]. The van der Waals surface area contributed by atoms with Crippen molar-refractivity contribution < 1.29 is 64.4 Å². The van der Waals surface area contributed by atoms with Gasteiger partial charge in [-0.25, -0.2) is 8.42 Å². The molecule has 1 aromatic carbocycles. The summed E-state index contributed by atoms with van der Waals surface area (Å²) < 4.78 is 32.0. The van der Waals surface area contributed by atoms with E-state index in [1.807, 2.05) is 0 Å². The van der Waals surface area contributed by atoms with Crippen molar-refractivity contribution in [3.63, 3.8) is 0 Å². The molecule has 0 radical (unpaired) electrons. The van der Waals surface area contributed by atoms with E-state index in [1.54, 1.807) is 12.1 Å². The Balaban J connectivity index is 0.00000225. The molecule has 0 amide bonds. The predicted molar refractivity (Wildman–Crippen MR) is 61.1 cm³/mol. The van der Waals surface area contributed by atoms with E-state index in [4.69, 9.17) is 0 Å². The molecule has 16 heavy (non-hydrogen) atoms. The van der Waals surface area contributed by atoms with Crippen molar-refractivity contribution in [3.8, 4) is 0 Å². The number of rotatable bonds is 4. The maximum absolute atomic E-state index is 10.7. The summed E-state index contributed by atoms with van der Waals surface area (Å²) in [5.41, 5.74) is 1.02. The zero-order chi connectivity index (χ0) is 11.5. The number of hydrogen-bond acceptors (Lipinski definition) is 3. The first kappa shape index (κ1) is 17.2. The molecule has 84 valence electrons. The summed E-state index contributed by atoms with van der Waals surface area (Å²) in [5, 5.41) is 0. The van der Waals surface area contributed by atoms with Crippen LogP contribution >= 0.6 is 15.9 Å². The molecular weight excluding hydrogens is 319 g/mol. The smallest absolute Gasteiger partial charge is 0.744 e. The van der Waals surface area contributed by atoms with Crippen molar-refractivity contribution >= 4 is 26.0 Å². The van der Waals surface area contributed by atoms with Gasteiger partial charge < -0.3 is 4.55 Å². The van der Waals surface area contributed by atoms with Gasteiger partial charge in [-0.05, 0) is 30.5 Å². The van der Waals surface area contributed by atoms with Crippen LogP contribution in [0.5, 0.6) is 0 Å². The Kier molecular flexibility index (Phi) is 8.23. The maximum atomic E-state index is 10.7. The molecule has 1 unspecified atom stereocenters. The Morgan fingerprint density at radius 3 is 2.19 bits per heavy atom. The summed E-state index contributed by atoms with van der Waals surface area (Å²) in [4.78, 5) is 0.209. The van der Waals surface area contributed by atoms with Crippen molar-refractivity contribution in [2.45, 2.75) is 29.5 Å². The molecular formula is C10H12BrKO3S. The number of alkyl halides is 1. The second kappa shape index (κ2) is 7.63. The third-order valence-electron chi connectivity index (χ3n) is 2.11. The normalized spacial score (nSPS) is 12.9. The van der Waals surface area contributed by atoms with Crippen molar-refractivity contribution in [3.05, 3.63) is 29.8 Å². The van der Waals surface area contributed by atoms with Gasteiger partial charge in [0.05, 0.1) is 4.90 Å². The minimum absolute atomic E-state index is 0. The third-order valence-corrected chi connectivity index (χ3v) is 3.93. The average Bonchev–Trinajstić information content (AvgIpc) is 2.17. The average molecular weight is 331 g/mol. The van der Waals surface area contributed by atoms with Gasteiger partial charge in [-0.3, -0.25) is 0 Å². The van der Waals surface area contributed by atoms with E-state index in [0.29, 0.717) is 4.83 Å². The first-order chi connectivity index (χ1) is 6.93. The Hall–Kier alpha value is 1.25. The molecule has 0 saturated heterocycles. The topological polar surface area (TPSA) is 57.2 Å². The molecule has 0 aromatic heterocycles. The Morgan fingerprint density at radius 2 is 1.81 bits per heavy atom. The number of halogens is 1. The molecule has 0 fully saturated rings. The quantitative estimate of drug-likeness (QED) is 0.417. The molecule has 0 heterocycles. The molecule has 1 rings (SSSR count). The van der Waals surface area contributed by atoms with Crippen molar-refractivity contribution in [1.82, 2.24) is 0 Å². The first-order valence-electron chi connectivity index (χ1n) is 4.62. The van der Waals surface area contributed by atoms with Gasteiger partial charge >= 0.3 is 51.4 Å². The molecule has 0 aliphatic rings. The van der Waals surface area contributed by atoms with E-state index in [2.05, 4.69) is 22.9 Å². The standard InChI is InChI=1S/C10H13BrO3S.K/c1-2-9(11)7-8-3-5-10(6-4-8)15(12,13)14;/h3-6,9H,2,7H2,1H3,(H,12,13,14);/q;+1/p-1. The fourth-order valence-corrected chi connectivity index (χ4v) is 2.04. The van der Waals surface area contributed by atoms with Gasteiger partial charge in [0.15, 0.2) is 0 Å². The fraction of sp³-hybridized carbons (Fsp3) is 0.400. The van der Waals surface area contributed by atoms with E-state index in [1.165, 1.54) is 12.1 Å². The number of hydrogen-bond donors (Lipinski definition) is 0. The van der Waals surface area contributed by atoms with Crippen LogP contribution in [0.15, 0.2) is 29.2 Å². The van der Waals surface area contributed by atoms with E-state index in [-0.39, 0.29) is 56.3 Å². The van der Waals surface area contributed by atoms with E-state index in [9.17, 15) is 13.0 Å². The predicted octanol–water partition coefficient (Wildman–Crippen LogP) is -0.689. The summed E-state index contributed by atoms with van der Waals surface area (Å²) in [6.45, 7) is 2.07. The van der Waals surface area contributed by atoms with Crippen LogP contribution in [0.1, 0.15) is 18.9 Å². The van der Waals surface area contributed by atoms with E-state index in [0.717, 1.165) is 18.4 Å². The molecule has 0 bridgehead atoms.